The Hall–Kier alpha value is -3.41. The number of hydrogen-bond acceptors (Lipinski definition) is 5. The van der Waals surface area contributed by atoms with Crippen LogP contribution in [0.5, 0.6) is 11.5 Å². The maximum Gasteiger partial charge on any atom is 0.253 e. The molecule has 0 unspecified atom stereocenters. The van der Waals surface area contributed by atoms with Gasteiger partial charge in [-0.2, -0.15) is 0 Å². The number of ether oxygens (including phenoxy) is 1. The van der Waals surface area contributed by atoms with Crippen LogP contribution in [0.15, 0.2) is 60.7 Å². The van der Waals surface area contributed by atoms with Crippen molar-refractivity contribution in [2.24, 2.45) is 0 Å². The average Bonchev–Trinajstić information content (AvgIpc) is 2.79. The van der Waals surface area contributed by atoms with Gasteiger partial charge in [-0.25, -0.2) is 9.97 Å². The van der Waals surface area contributed by atoms with E-state index in [0.717, 1.165) is 36.2 Å². The third-order valence-electron chi connectivity index (χ3n) is 5.35. The highest BCUT2D eigenvalue weighted by Crippen LogP contribution is 2.23. The summed E-state index contributed by atoms with van der Waals surface area (Å²) in [6.07, 6.45) is 0. The third kappa shape index (κ3) is 5.02. The highest BCUT2D eigenvalue weighted by atomic mass is 16.5. The number of piperazine rings is 1. The Bertz CT molecular complexity index is 1030. The number of carbonyl (C=O) groups excluding carboxylic acids is 1. The molecule has 1 aliphatic heterocycles. The maximum absolute atomic E-state index is 13.0. The predicted octanol–water partition coefficient (Wildman–Crippen LogP) is 4.66. The van der Waals surface area contributed by atoms with Crippen LogP contribution < -0.4 is 9.64 Å². The first-order valence-electron chi connectivity index (χ1n) is 10.7. The molecule has 0 radical (unpaired) electrons. The fourth-order valence-corrected chi connectivity index (χ4v) is 3.61. The van der Waals surface area contributed by atoms with Gasteiger partial charge in [-0.15, -0.1) is 0 Å². The van der Waals surface area contributed by atoms with Crippen molar-refractivity contribution in [2.45, 2.75) is 26.7 Å². The second-order valence-corrected chi connectivity index (χ2v) is 8.10. The van der Waals surface area contributed by atoms with Crippen molar-refractivity contribution in [3.8, 4) is 11.5 Å². The van der Waals surface area contributed by atoms with Gasteiger partial charge in [0.1, 0.15) is 23.1 Å². The minimum Gasteiger partial charge on any atom is -0.457 e. The van der Waals surface area contributed by atoms with Gasteiger partial charge in [0.15, 0.2) is 0 Å². The van der Waals surface area contributed by atoms with E-state index in [9.17, 15) is 4.79 Å². The lowest BCUT2D eigenvalue weighted by Gasteiger charge is -2.35. The van der Waals surface area contributed by atoms with Crippen LogP contribution in [-0.2, 0) is 0 Å². The standard InChI is InChI=1S/C25H28N4O2/c1-18(2)24-26-19(3)17-23(27-24)28-13-15-29(16-14-28)25(30)20-9-11-22(12-10-20)31-21-7-5-4-6-8-21/h4-12,17-18H,13-16H2,1-3H3. The SMILES string of the molecule is Cc1cc(N2CCN(C(=O)c3ccc(Oc4ccccc4)cc3)CC2)nc(C(C)C)n1. The van der Waals surface area contributed by atoms with Gasteiger partial charge in [-0.3, -0.25) is 4.79 Å². The van der Waals surface area contributed by atoms with Crippen molar-refractivity contribution in [1.82, 2.24) is 14.9 Å². The summed E-state index contributed by atoms with van der Waals surface area (Å²) in [6.45, 7) is 9.06. The summed E-state index contributed by atoms with van der Waals surface area (Å²) in [5.41, 5.74) is 1.65. The van der Waals surface area contributed by atoms with Gasteiger partial charge in [0.25, 0.3) is 5.91 Å². The lowest BCUT2D eigenvalue weighted by atomic mass is 10.1. The number of rotatable bonds is 5. The zero-order valence-corrected chi connectivity index (χ0v) is 18.3. The van der Waals surface area contributed by atoms with E-state index in [2.05, 4.69) is 23.7 Å². The highest BCUT2D eigenvalue weighted by molar-refractivity contribution is 5.94. The number of aryl methyl sites for hydroxylation is 1. The molecule has 160 valence electrons. The molecule has 0 aliphatic carbocycles. The Morgan fingerprint density at radius 3 is 2.19 bits per heavy atom. The quantitative estimate of drug-likeness (QED) is 0.605. The lowest BCUT2D eigenvalue weighted by molar-refractivity contribution is 0.0746. The first-order chi connectivity index (χ1) is 15.0. The molecule has 1 aromatic heterocycles. The molecule has 1 amide bonds. The molecule has 31 heavy (non-hydrogen) atoms. The minimum absolute atomic E-state index is 0.0487. The molecule has 1 saturated heterocycles. The number of amides is 1. The molecule has 6 nitrogen and oxygen atoms in total. The third-order valence-corrected chi connectivity index (χ3v) is 5.35. The van der Waals surface area contributed by atoms with Gasteiger partial charge < -0.3 is 14.5 Å². The van der Waals surface area contributed by atoms with E-state index in [1.54, 1.807) is 0 Å². The van der Waals surface area contributed by atoms with Crippen LogP contribution in [-0.4, -0.2) is 47.0 Å². The van der Waals surface area contributed by atoms with E-state index < -0.39 is 0 Å². The van der Waals surface area contributed by atoms with E-state index in [-0.39, 0.29) is 11.8 Å². The van der Waals surface area contributed by atoms with Gasteiger partial charge in [-0.05, 0) is 43.3 Å². The largest absolute Gasteiger partial charge is 0.457 e. The normalized spacial score (nSPS) is 14.1. The number of nitrogens with zero attached hydrogens (tertiary/aromatic N) is 4. The Morgan fingerprint density at radius 1 is 0.903 bits per heavy atom. The molecule has 0 saturated carbocycles. The molecule has 2 aromatic carbocycles. The van der Waals surface area contributed by atoms with Gasteiger partial charge in [0.2, 0.25) is 0 Å². The summed E-state index contributed by atoms with van der Waals surface area (Å²) in [4.78, 5) is 26.4. The number of carbonyl (C=O) groups is 1. The second kappa shape index (κ2) is 9.16. The van der Waals surface area contributed by atoms with E-state index in [4.69, 9.17) is 9.72 Å². The first-order valence-corrected chi connectivity index (χ1v) is 10.7. The summed E-state index contributed by atoms with van der Waals surface area (Å²) in [5, 5.41) is 0. The highest BCUT2D eigenvalue weighted by Gasteiger charge is 2.23. The lowest BCUT2D eigenvalue weighted by Crippen LogP contribution is -2.49. The zero-order valence-electron chi connectivity index (χ0n) is 18.3. The summed E-state index contributed by atoms with van der Waals surface area (Å²) in [5.74, 6) is 3.64. The van der Waals surface area contributed by atoms with E-state index in [0.29, 0.717) is 24.4 Å². The molecule has 3 aromatic rings. The number of para-hydroxylation sites is 1. The molecule has 1 aliphatic rings. The molecule has 1 fully saturated rings. The van der Waals surface area contributed by atoms with Crippen LogP contribution in [0.4, 0.5) is 5.82 Å². The monoisotopic (exact) mass is 416 g/mol. The van der Waals surface area contributed by atoms with E-state index in [1.807, 2.05) is 72.5 Å². The van der Waals surface area contributed by atoms with E-state index in [1.165, 1.54) is 0 Å². The number of benzene rings is 2. The van der Waals surface area contributed by atoms with Gasteiger partial charge in [-0.1, -0.05) is 32.0 Å². The van der Waals surface area contributed by atoms with Crippen molar-refractivity contribution in [2.75, 3.05) is 31.1 Å². The van der Waals surface area contributed by atoms with E-state index >= 15 is 0 Å². The van der Waals surface area contributed by atoms with Crippen LogP contribution in [0, 0.1) is 6.92 Å². The van der Waals surface area contributed by atoms with Crippen LogP contribution in [0.25, 0.3) is 0 Å². The molecule has 0 N–H and O–H groups in total. The predicted molar refractivity (Wildman–Crippen MR) is 122 cm³/mol. The molecule has 2 heterocycles. The van der Waals surface area contributed by atoms with Gasteiger partial charge in [0, 0.05) is 49.4 Å². The molecule has 4 rings (SSSR count). The average molecular weight is 417 g/mol. The summed E-state index contributed by atoms with van der Waals surface area (Å²) in [7, 11) is 0. The molecular formula is C25H28N4O2. The zero-order chi connectivity index (χ0) is 21.8. The van der Waals surface area contributed by atoms with Crippen LogP contribution in [0.1, 0.15) is 41.6 Å². The molecule has 0 spiro atoms. The topological polar surface area (TPSA) is 58.6 Å². The number of hydrogen-bond donors (Lipinski definition) is 0. The molecule has 0 bridgehead atoms. The van der Waals surface area contributed by atoms with Crippen molar-refractivity contribution in [3.63, 3.8) is 0 Å². The molecular weight excluding hydrogens is 388 g/mol. The number of aromatic nitrogens is 2. The Kier molecular flexibility index (Phi) is 6.16. The molecule has 0 atom stereocenters. The smallest absolute Gasteiger partial charge is 0.253 e. The minimum atomic E-state index is 0.0487. The van der Waals surface area contributed by atoms with Crippen molar-refractivity contribution >= 4 is 11.7 Å². The van der Waals surface area contributed by atoms with Crippen LogP contribution in [0.2, 0.25) is 0 Å². The van der Waals surface area contributed by atoms with Crippen LogP contribution >= 0.6 is 0 Å². The number of anilines is 1. The van der Waals surface area contributed by atoms with Gasteiger partial charge >= 0.3 is 0 Å². The fraction of sp³-hybridized carbons (Fsp3) is 0.320. The second-order valence-electron chi connectivity index (χ2n) is 8.10. The summed E-state index contributed by atoms with van der Waals surface area (Å²) in [6, 6.07) is 19.0. The van der Waals surface area contributed by atoms with Crippen LogP contribution in [0.3, 0.4) is 0 Å². The first kappa shape index (κ1) is 20.8. The molecule has 6 heteroatoms. The maximum atomic E-state index is 13.0. The fourth-order valence-electron chi connectivity index (χ4n) is 3.61. The Morgan fingerprint density at radius 2 is 1.55 bits per heavy atom. The summed E-state index contributed by atoms with van der Waals surface area (Å²) >= 11 is 0. The van der Waals surface area contributed by atoms with Gasteiger partial charge in [0.05, 0.1) is 0 Å². The van der Waals surface area contributed by atoms with Crippen molar-refractivity contribution in [3.05, 3.63) is 77.7 Å². The van der Waals surface area contributed by atoms with Crippen molar-refractivity contribution < 1.29 is 9.53 Å². The Labute approximate surface area is 183 Å². The Balaban J connectivity index is 1.37. The summed E-state index contributed by atoms with van der Waals surface area (Å²) < 4.78 is 5.81. The van der Waals surface area contributed by atoms with Crippen molar-refractivity contribution in [1.29, 1.82) is 0 Å².